The van der Waals surface area contributed by atoms with E-state index in [4.69, 9.17) is 27.6 Å². The van der Waals surface area contributed by atoms with Crippen LogP contribution >= 0.6 is 39.1 Å². The number of fused-ring (bicyclic) bond motifs is 1. The van der Waals surface area contributed by atoms with Crippen molar-refractivity contribution in [3.05, 3.63) is 104 Å². The molecule has 3 nitrogen and oxygen atoms in total. The number of aromatic nitrogens is 1. The topological polar surface area (TPSA) is 34.1 Å². The highest BCUT2D eigenvalue weighted by molar-refractivity contribution is 9.10. The monoisotopic (exact) mass is 486 g/mol. The van der Waals surface area contributed by atoms with E-state index >= 15 is 0 Å². The average molecular weight is 488 g/mol. The number of carbonyl (C=O) groups excluding carboxylic acids is 1. The third-order valence-electron chi connectivity index (χ3n) is 4.41. The minimum atomic E-state index is -0.189. The molecule has 2 aromatic heterocycles. The fraction of sp³-hybridized carbons (Fsp3) is 0.0435. The molecule has 29 heavy (non-hydrogen) atoms. The highest BCUT2D eigenvalue weighted by Crippen LogP contribution is 2.25. The number of hydrogen-bond donors (Lipinski definition) is 0. The van der Waals surface area contributed by atoms with Crippen LogP contribution in [0.3, 0.4) is 0 Å². The predicted octanol–water partition coefficient (Wildman–Crippen LogP) is 6.73. The van der Waals surface area contributed by atoms with Gasteiger partial charge in [0.15, 0.2) is 24.7 Å². The lowest BCUT2D eigenvalue weighted by atomic mass is 10.2. The van der Waals surface area contributed by atoms with Crippen molar-refractivity contribution >= 4 is 62.0 Å². The Kier molecular flexibility index (Phi) is 5.86. The fourth-order valence-electron chi connectivity index (χ4n) is 3.00. The van der Waals surface area contributed by atoms with Crippen LogP contribution in [-0.2, 0) is 6.54 Å². The van der Waals surface area contributed by atoms with E-state index in [0.717, 1.165) is 21.0 Å². The Hall–Kier alpha value is -2.40. The van der Waals surface area contributed by atoms with Gasteiger partial charge >= 0.3 is 0 Å². The van der Waals surface area contributed by atoms with Crippen molar-refractivity contribution in [2.24, 2.45) is 0 Å². The minimum Gasteiger partial charge on any atom is -0.453 e. The first-order valence-electron chi connectivity index (χ1n) is 8.83. The number of halogens is 3. The summed E-state index contributed by atoms with van der Waals surface area (Å²) in [5, 5.41) is 1.96. The lowest BCUT2D eigenvalue weighted by Gasteiger charge is -2.03. The Balaban J connectivity index is 1.52. The first kappa shape index (κ1) is 19.9. The third kappa shape index (κ3) is 4.61. The second-order valence-electron chi connectivity index (χ2n) is 6.51. The first-order chi connectivity index (χ1) is 14.0. The summed E-state index contributed by atoms with van der Waals surface area (Å²) < 4.78 is 8.57. The van der Waals surface area contributed by atoms with Crippen molar-refractivity contribution in [2.75, 3.05) is 0 Å². The van der Waals surface area contributed by atoms with Gasteiger partial charge < -0.3 is 4.42 Å². The van der Waals surface area contributed by atoms with Gasteiger partial charge in [-0.05, 0) is 48.6 Å². The average Bonchev–Trinajstić information content (AvgIpc) is 3.13. The van der Waals surface area contributed by atoms with Crippen LogP contribution in [0.4, 0.5) is 0 Å². The maximum Gasteiger partial charge on any atom is 0.221 e. The fourth-order valence-corrected chi connectivity index (χ4v) is 3.75. The van der Waals surface area contributed by atoms with Crippen LogP contribution in [0.15, 0.2) is 82.0 Å². The van der Waals surface area contributed by atoms with Gasteiger partial charge in [0.2, 0.25) is 5.78 Å². The van der Waals surface area contributed by atoms with Crippen LogP contribution in [0, 0.1) is 0 Å². The molecule has 0 N–H and O–H groups in total. The van der Waals surface area contributed by atoms with Crippen LogP contribution < -0.4 is 4.57 Å². The Morgan fingerprint density at radius 1 is 1.10 bits per heavy atom. The summed E-state index contributed by atoms with van der Waals surface area (Å²) in [7, 11) is 0. The van der Waals surface area contributed by atoms with E-state index in [1.807, 2.05) is 59.4 Å². The molecular weight excluding hydrogens is 473 g/mol. The Morgan fingerprint density at radius 3 is 2.83 bits per heavy atom. The third-order valence-corrected chi connectivity index (χ3v) is 5.77. The van der Waals surface area contributed by atoms with E-state index in [9.17, 15) is 4.79 Å². The number of furan rings is 1. The first-order valence-corrected chi connectivity index (χ1v) is 10.4. The summed E-state index contributed by atoms with van der Waals surface area (Å²) in [6.45, 7) is 0.577. The summed E-state index contributed by atoms with van der Waals surface area (Å²) in [6, 6.07) is 16.8. The zero-order valence-electron chi connectivity index (χ0n) is 15.1. The molecular formula is C23H15BrCl2NO2+. The number of pyridine rings is 1. The van der Waals surface area contributed by atoms with Crippen molar-refractivity contribution < 1.29 is 13.8 Å². The lowest BCUT2D eigenvalue weighted by molar-refractivity contribution is -0.688. The highest BCUT2D eigenvalue weighted by atomic mass is 79.9. The van der Waals surface area contributed by atoms with Crippen LogP contribution in [0.1, 0.15) is 21.7 Å². The van der Waals surface area contributed by atoms with Gasteiger partial charge in [-0.2, -0.15) is 0 Å². The molecule has 2 aromatic carbocycles. The van der Waals surface area contributed by atoms with E-state index in [2.05, 4.69) is 15.9 Å². The summed E-state index contributed by atoms with van der Waals surface area (Å²) in [5.74, 6) is 0.120. The molecule has 0 unspecified atom stereocenters. The van der Waals surface area contributed by atoms with Crippen molar-refractivity contribution in [1.82, 2.24) is 0 Å². The lowest BCUT2D eigenvalue weighted by Crippen LogP contribution is -2.33. The summed E-state index contributed by atoms with van der Waals surface area (Å²) in [4.78, 5) is 12.5. The number of rotatable bonds is 5. The minimum absolute atomic E-state index is 0.189. The molecule has 0 bridgehead atoms. The number of carbonyl (C=O) groups is 1. The van der Waals surface area contributed by atoms with E-state index in [0.29, 0.717) is 27.9 Å². The molecule has 0 aliphatic heterocycles. The van der Waals surface area contributed by atoms with Crippen molar-refractivity contribution in [1.29, 1.82) is 0 Å². The summed E-state index contributed by atoms with van der Waals surface area (Å²) in [5.41, 5.74) is 2.49. The molecule has 0 saturated heterocycles. The molecule has 0 atom stereocenters. The maximum absolute atomic E-state index is 12.5. The number of benzene rings is 2. The standard InChI is InChI=1S/C23H15BrCl2NO2/c24-18-7-9-21-17(11-18)12-22(29-21)20(28)8-6-15-3-2-10-27(13-15)14-16-4-1-5-19(25)23(16)26/h1-13H,14H2/q+1/b8-6+. The quantitative estimate of drug-likeness (QED) is 0.177. The molecule has 0 aliphatic carbocycles. The van der Waals surface area contributed by atoms with E-state index in [1.54, 1.807) is 18.2 Å². The van der Waals surface area contributed by atoms with Gasteiger partial charge in [-0.3, -0.25) is 4.79 Å². The molecule has 0 amide bonds. The predicted molar refractivity (Wildman–Crippen MR) is 119 cm³/mol. The maximum atomic E-state index is 12.5. The summed E-state index contributed by atoms with van der Waals surface area (Å²) >= 11 is 15.8. The van der Waals surface area contributed by atoms with Gasteiger partial charge in [0, 0.05) is 27.1 Å². The number of allylic oxidation sites excluding steroid dienone is 1. The van der Waals surface area contributed by atoms with Crippen LogP contribution in [0.25, 0.3) is 17.0 Å². The van der Waals surface area contributed by atoms with Crippen LogP contribution in [0.5, 0.6) is 0 Å². The normalized spacial score (nSPS) is 11.4. The molecule has 6 heteroatoms. The second kappa shape index (κ2) is 8.54. The summed E-state index contributed by atoms with van der Waals surface area (Å²) in [6.07, 6.45) is 7.16. The molecule has 4 aromatic rings. The molecule has 0 radical (unpaired) electrons. The SMILES string of the molecule is O=C(/C=C/c1ccc[n+](Cc2cccc(Cl)c2Cl)c1)c1cc2cc(Br)ccc2o1. The smallest absolute Gasteiger partial charge is 0.221 e. The Morgan fingerprint density at radius 2 is 1.97 bits per heavy atom. The van der Waals surface area contributed by atoms with Crippen molar-refractivity contribution in [3.63, 3.8) is 0 Å². The van der Waals surface area contributed by atoms with Gasteiger partial charge in [-0.1, -0.05) is 51.3 Å². The van der Waals surface area contributed by atoms with E-state index in [1.165, 1.54) is 6.08 Å². The second-order valence-corrected chi connectivity index (χ2v) is 8.21. The van der Waals surface area contributed by atoms with E-state index in [-0.39, 0.29) is 5.78 Å². The van der Waals surface area contributed by atoms with Gasteiger partial charge in [-0.25, -0.2) is 4.57 Å². The van der Waals surface area contributed by atoms with Gasteiger partial charge in [0.25, 0.3) is 0 Å². The molecule has 0 aliphatic rings. The molecule has 2 heterocycles. The van der Waals surface area contributed by atoms with Crippen molar-refractivity contribution in [3.8, 4) is 0 Å². The zero-order chi connectivity index (χ0) is 20.4. The zero-order valence-corrected chi connectivity index (χ0v) is 18.2. The number of ketones is 1. The number of hydrogen-bond acceptors (Lipinski definition) is 2. The number of nitrogens with zero attached hydrogens (tertiary/aromatic N) is 1. The molecule has 0 saturated carbocycles. The Labute approximate surface area is 186 Å². The van der Waals surface area contributed by atoms with Crippen molar-refractivity contribution in [2.45, 2.75) is 6.54 Å². The van der Waals surface area contributed by atoms with E-state index < -0.39 is 0 Å². The molecule has 0 spiro atoms. The van der Waals surface area contributed by atoms with Gasteiger partial charge in [0.1, 0.15) is 5.58 Å². The highest BCUT2D eigenvalue weighted by Gasteiger charge is 2.12. The van der Waals surface area contributed by atoms with Gasteiger partial charge in [0.05, 0.1) is 10.0 Å². The molecule has 0 fully saturated rings. The van der Waals surface area contributed by atoms with Crippen LogP contribution in [-0.4, -0.2) is 5.78 Å². The Bertz CT molecular complexity index is 1250. The van der Waals surface area contributed by atoms with Gasteiger partial charge in [-0.15, -0.1) is 0 Å². The molecule has 4 rings (SSSR count). The van der Waals surface area contributed by atoms with Crippen LogP contribution in [0.2, 0.25) is 10.0 Å². The largest absolute Gasteiger partial charge is 0.453 e. The molecule has 144 valence electrons.